The molecule has 1 unspecified atom stereocenters. The van der Waals surface area contributed by atoms with E-state index in [4.69, 9.17) is 0 Å². The number of fused-ring (bicyclic) bond motifs is 1. The van der Waals surface area contributed by atoms with Crippen molar-refractivity contribution >= 4 is 34.8 Å². The number of aliphatic carboxylic acids is 1. The molecule has 8 nitrogen and oxygen atoms in total. The molecule has 1 amide bonds. The third-order valence-corrected chi connectivity index (χ3v) is 5.22. The summed E-state index contributed by atoms with van der Waals surface area (Å²) in [6, 6.07) is 8.35. The zero-order valence-corrected chi connectivity index (χ0v) is 16.0. The number of carboxylic acids is 1. The van der Waals surface area contributed by atoms with Gasteiger partial charge in [-0.15, -0.1) is 11.8 Å². The summed E-state index contributed by atoms with van der Waals surface area (Å²) in [5, 5.41) is 12.8. The zero-order valence-electron chi connectivity index (χ0n) is 15.2. The fourth-order valence-electron chi connectivity index (χ4n) is 2.73. The molecule has 0 spiro atoms. The first kappa shape index (κ1) is 19.8. The minimum absolute atomic E-state index is 0.244. The average molecular weight is 399 g/mol. The van der Waals surface area contributed by atoms with E-state index in [1.54, 1.807) is 18.1 Å². The summed E-state index contributed by atoms with van der Waals surface area (Å²) < 4.78 is 0. The number of thioether (sulfide) groups is 1. The maximum Gasteiger partial charge on any atom is 0.326 e. The van der Waals surface area contributed by atoms with Gasteiger partial charge in [-0.25, -0.2) is 19.7 Å². The molecule has 3 aromatic rings. The molecule has 0 aliphatic heterocycles. The van der Waals surface area contributed by atoms with Crippen molar-refractivity contribution in [3.8, 4) is 0 Å². The quantitative estimate of drug-likeness (QED) is 0.272. The first-order chi connectivity index (χ1) is 13.6. The van der Waals surface area contributed by atoms with Crippen molar-refractivity contribution < 1.29 is 14.7 Å². The van der Waals surface area contributed by atoms with Gasteiger partial charge in [0.05, 0.1) is 6.33 Å². The van der Waals surface area contributed by atoms with E-state index in [0.717, 1.165) is 28.3 Å². The van der Waals surface area contributed by atoms with Crippen LogP contribution in [0.25, 0.3) is 11.2 Å². The highest BCUT2D eigenvalue weighted by molar-refractivity contribution is 7.99. The largest absolute Gasteiger partial charge is 0.480 e. The van der Waals surface area contributed by atoms with Crippen molar-refractivity contribution in [2.75, 3.05) is 5.75 Å². The number of carbonyl (C=O) groups is 2. The average Bonchev–Trinajstić information content (AvgIpc) is 3.17. The summed E-state index contributed by atoms with van der Waals surface area (Å²) in [6.45, 7) is 0. The molecule has 2 heterocycles. The van der Waals surface area contributed by atoms with Gasteiger partial charge in [0.1, 0.15) is 22.9 Å². The first-order valence-electron chi connectivity index (χ1n) is 8.96. The van der Waals surface area contributed by atoms with Crippen LogP contribution in [0.3, 0.4) is 0 Å². The van der Waals surface area contributed by atoms with Gasteiger partial charge in [-0.3, -0.25) is 4.79 Å². The molecule has 2 aromatic heterocycles. The lowest BCUT2D eigenvalue weighted by Gasteiger charge is -2.14. The van der Waals surface area contributed by atoms with E-state index in [-0.39, 0.29) is 12.3 Å². The van der Waals surface area contributed by atoms with Crippen molar-refractivity contribution in [3.63, 3.8) is 0 Å². The number of imidazole rings is 1. The second-order valence-corrected chi connectivity index (χ2v) is 7.32. The second kappa shape index (κ2) is 9.84. The Morgan fingerprint density at radius 1 is 1.14 bits per heavy atom. The molecule has 28 heavy (non-hydrogen) atoms. The molecule has 3 rings (SSSR count). The van der Waals surface area contributed by atoms with Gasteiger partial charge in [-0.1, -0.05) is 30.3 Å². The number of aromatic amines is 1. The third kappa shape index (κ3) is 5.53. The van der Waals surface area contributed by atoms with E-state index < -0.39 is 12.0 Å². The highest BCUT2D eigenvalue weighted by Crippen LogP contribution is 2.22. The van der Waals surface area contributed by atoms with Crippen LogP contribution in [0.2, 0.25) is 0 Å². The smallest absolute Gasteiger partial charge is 0.326 e. The number of hydrogen-bond acceptors (Lipinski definition) is 6. The van der Waals surface area contributed by atoms with Crippen molar-refractivity contribution in [1.82, 2.24) is 25.3 Å². The topological polar surface area (TPSA) is 121 Å². The lowest BCUT2D eigenvalue weighted by Crippen LogP contribution is -2.42. The van der Waals surface area contributed by atoms with E-state index in [1.165, 1.54) is 6.33 Å². The maximum atomic E-state index is 12.1. The molecule has 9 heteroatoms. The van der Waals surface area contributed by atoms with Crippen LogP contribution in [0.4, 0.5) is 0 Å². The number of nitrogens with zero attached hydrogens (tertiary/aromatic N) is 3. The lowest BCUT2D eigenvalue weighted by molar-refractivity contribution is -0.141. The molecule has 0 radical (unpaired) electrons. The molecule has 1 aromatic carbocycles. The van der Waals surface area contributed by atoms with Gasteiger partial charge in [0, 0.05) is 12.8 Å². The fraction of sp³-hybridized carbons (Fsp3) is 0.316. The van der Waals surface area contributed by atoms with E-state index in [0.29, 0.717) is 18.5 Å². The molecule has 146 valence electrons. The van der Waals surface area contributed by atoms with Gasteiger partial charge in [0.25, 0.3) is 0 Å². The Balaban J connectivity index is 1.40. The number of H-pyrrole nitrogens is 1. The van der Waals surface area contributed by atoms with E-state index in [1.807, 2.05) is 30.3 Å². The lowest BCUT2D eigenvalue weighted by atomic mass is 10.1. The summed E-state index contributed by atoms with van der Waals surface area (Å²) in [5.74, 6) is -0.475. The highest BCUT2D eigenvalue weighted by Gasteiger charge is 2.20. The summed E-state index contributed by atoms with van der Waals surface area (Å²) in [6.07, 6.45) is 5.12. The van der Waals surface area contributed by atoms with Gasteiger partial charge in [-0.05, 0) is 24.2 Å². The first-order valence-corrected chi connectivity index (χ1v) is 9.95. The summed E-state index contributed by atoms with van der Waals surface area (Å²) in [5.41, 5.74) is 2.33. The fourth-order valence-corrected chi connectivity index (χ4v) is 3.68. The zero-order chi connectivity index (χ0) is 19.8. The van der Waals surface area contributed by atoms with Gasteiger partial charge < -0.3 is 15.4 Å². The van der Waals surface area contributed by atoms with Crippen LogP contribution in [0.15, 0.2) is 48.0 Å². The second-order valence-electron chi connectivity index (χ2n) is 6.23. The Morgan fingerprint density at radius 3 is 2.75 bits per heavy atom. The Bertz CT molecular complexity index is 931. The van der Waals surface area contributed by atoms with Gasteiger partial charge in [0.15, 0.2) is 5.65 Å². The Labute approximate surface area is 166 Å². The monoisotopic (exact) mass is 399 g/mol. The predicted molar refractivity (Wildman–Crippen MR) is 106 cm³/mol. The number of amides is 1. The maximum absolute atomic E-state index is 12.1. The number of carboxylic acid groups (broad SMARTS) is 1. The van der Waals surface area contributed by atoms with Crippen LogP contribution < -0.4 is 5.32 Å². The van der Waals surface area contributed by atoms with Gasteiger partial charge in [-0.2, -0.15) is 0 Å². The summed E-state index contributed by atoms with van der Waals surface area (Å²) in [7, 11) is 0. The van der Waals surface area contributed by atoms with Gasteiger partial charge >= 0.3 is 5.97 Å². The van der Waals surface area contributed by atoms with Crippen molar-refractivity contribution in [1.29, 1.82) is 0 Å². The summed E-state index contributed by atoms with van der Waals surface area (Å²) in [4.78, 5) is 39.0. The number of hydrogen-bond donors (Lipinski definition) is 3. The highest BCUT2D eigenvalue weighted by atomic mass is 32.2. The molecule has 0 bridgehead atoms. The molecule has 3 N–H and O–H groups in total. The Morgan fingerprint density at radius 2 is 1.96 bits per heavy atom. The van der Waals surface area contributed by atoms with Gasteiger partial charge in [0.2, 0.25) is 5.91 Å². The summed E-state index contributed by atoms with van der Waals surface area (Å²) >= 11 is 1.58. The Kier molecular flexibility index (Phi) is 6.96. The SMILES string of the molecule is O=C(CCCCSc1ncnc2nc[nH]c12)NC(Cc1ccccc1)C(=O)O. The number of rotatable bonds is 10. The van der Waals surface area contributed by atoms with Crippen LogP contribution in [0, 0.1) is 0 Å². The van der Waals surface area contributed by atoms with E-state index >= 15 is 0 Å². The van der Waals surface area contributed by atoms with Crippen molar-refractivity contribution in [3.05, 3.63) is 48.5 Å². The predicted octanol–water partition coefficient (Wildman–Crippen LogP) is 2.43. The van der Waals surface area contributed by atoms with Crippen LogP contribution in [0.1, 0.15) is 24.8 Å². The minimum atomic E-state index is -1.03. The van der Waals surface area contributed by atoms with Crippen LogP contribution >= 0.6 is 11.8 Å². The van der Waals surface area contributed by atoms with Crippen molar-refractivity contribution in [2.24, 2.45) is 0 Å². The molecule has 0 aliphatic rings. The standard InChI is InChI=1S/C19H21N5O3S/c25-15(24-14(19(26)27)10-13-6-2-1-3-7-13)8-4-5-9-28-18-16-17(21-11-20-16)22-12-23-18/h1-3,6-7,11-12,14H,4-5,8-10H2,(H,24,25)(H,26,27)(H,20,21,22,23). The Hall–Kier alpha value is -2.94. The number of unbranched alkanes of at least 4 members (excludes halogenated alkanes) is 1. The molecule has 0 saturated heterocycles. The molecule has 1 atom stereocenters. The molecule has 0 saturated carbocycles. The third-order valence-electron chi connectivity index (χ3n) is 4.14. The normalized spacial score (nSPS) is 12.0. The van der Waals surface area contributed by atoms with E-state index in [9.17, 15) is 14.7 Å². The molecular formula is C19H21N5O3S. The minimum Gasteiger partial charge on any atom is -0.480 e. The van der Waals surface area contributed by atoms with E-state index in [2.05, 4.69) is 25.3 Å². The van der Waals surface area contributed by atoms with Crippen LogP contribution in [0.5, 0.6) is 0 Å². The van der Waals surface area contributed by atoms with Crippen LogP contribution in [-0.4, -0.2) is 48.7 Å². The number of benzene rings is 1. The molecule has 0 aliphatic carbocycles. The molecule has 0 fully saturated rings. The number of aromatic nitrogens is 4. The van der Waals surface area contributed by atoms with Crippen molar-refractivity contribution in [2.45, 2.75) is 36.8 Å². The van der Waals surface area contributed by atoms with Crippen LogP contribution in [-0.2, 0) is 16.0 Å². The number of carbonyl (C=O) groups excluding carboxylic acids is 1. The molecular weight excluding hydrogens is 378 g/mol. The number of nitrogens with one attached hydrogen (secondary N) is 2.